The van der Waals surface area contributed by atoms with Crippen molar-refractivity contribution in [2.45, 2.75) is 101 Å². The van der Waals surface area contributed by atoms with Crippen LogP contribution in [0.5, 0.6) is 0 Å². The van der Waals surface area contributed by atoms with E-state index in [-0.39, 0.29) is 21.1 Å². The number of carbonyl (C=O) groups excluding carboxylic acids is 3. The molecule has 32 heavy (non-hydrogen) atoms. The number of esters is 1. The maximum atomic E-state index is 10.9. The first-order valence-corrected chi connectivity index (χ1v) is 17.7. The summed E-state index contributed by atoms with van der Waals surface area (Å²) >= 11 is 4.14. The van der Waals surface area contributed by atoms with Gasteiger partial charge in [0.25, 0.3) is 0 Å². The van der Waals surface area contributed by atoms with Crippen LogP contribution in [0.25, 0.3) is 0 Å². The van der Waals surface area contributed by atoms with Crippen LogP contribution >= 0.6 is 12.6 Å². The summed E-state index contributed by atoms with van der Waals surface area (Å²) < 4.78 is 4.78. The van der Waals surface area contributed by atoms with Gasteiger partial charge in [0.2, 0.25) is 0 Å². The van der Waals surface area contributed by atoms with Crippen molar-refractivity contribution in [1.82, 2.24) is 0 Å². The maximum absolute atomic E-state index is 10.9. The minimum atomic E-state index is -1.39. The Morgan fingerprint density at radius 1 is 0.812 bits per heavy atom. The second-order valence-corrected chi connectivity index (χ2v) is 11.9. The molecule has 0 radical (unpaired) electrons. The van der Waals surface area contributed by atoms with Crippen LogP contribution in [0.15, 0.2) is 12.2 Å². The number of unbranched alkanes of at least 4 members (excludes halogenated alkanes) is 4. The van der Waals surface area contributed by atoms with Crippen LogP contribution in [0.1, 0.15) is 85.5 Å². The normalized spacial score (nSPS) is 11.2. The molecular formula is C24H44O6SSn. The first kappa shape index (κ1) is 35.9. The molecule has 0 N–H and O–H groups in total. The Labute approximate surface area is 211 Å². The summed E-state index contributed by atoms with van der Waals surface area (Å²) in [6.45, 7) is 9.08. The van der Waals surface area contributed by atoms with E-state index in [9.17, 15) is 24.6 Å². The number of thiol groups is 1. The van der Waals surface area contributed by atoms with E-state index in [0.717, 1.165) is 44.1 Å². The standard InChI is InChI=1S/C12H20O4.C10H20O2S.2CH3.Sn/c1-10(2)6-4-3-5-9-16-12(15)8-7-11(13)14;1-8(2)6-4-3-5-7-9(13)10(11)12;;;/h7-8,10H,3-6,9H2,1-2H3,(H,13,14);8-9,13H,3-7H2,1-2H3,(H,11,12);2*1H3;/q;;;;+2/p-2/b8-7-;;;;. The van der Waals surface area contributed by atoms with Gasteiger partial charge in [0, 0.05) is 11.3 Å². The zero-order valence-corrected chi connectivity index (χ0v) is 24.6. The monoisotopic (exact) mass is 580 g/mol. The van der Waals surface area contributed by atoms with Gasteiger partial charge in [-0.15, -0.1) is 0 Å². The van der Waals surface area contributed by atoms with Gasteiger partial charge in [-0.3, -0.25) is 0 Å². The van der Waals surface area contributed by atoms with Gasteiger partial charge in [-0.2, -0.15) is 12.6 Å². The fourth-order valence-electron chi connectivity index (χ4n) is 2.37. The number of carboxylic acid groups (broad SMARTS) is 2. The van der Waals surface area contributed by atoms with Crippen molar-refractivity contribution in [3.05, 3.63) is 12.2 Å². The molecule has 1 unspecified atom stereocenters. The van der Waals surface area contributed by atoms with Crippen LogP contribution in [0, 0.1) is 11.8 Å². The van der Waals surface area contributed by atoms with Gasteiger partial charge in [-0.25, -0.2) is 4.79 Å². The van der Waals surface area contributed by atoms with Gasteiger partial charge in [-0.05, 0) is 30.8 Å². The molecule has 186 valence electrons. The van der Waals surface area contributed by atoms with Gasteiger partial charge < -0.3 is 24.5 Å². The summed E-state index contributed by atoms with van der Waals surface area (Å²) in [6.07, 6.45) is 10.8. The zero-order chi connectivity index (χ0) is 25.4. The number of ether oxygens (including phenoxy) is 1. The van der Waals surface area contributed by atoms with E-state index in [4.69, 9.17) is 4.74 Å². The molecule has 0 fully saturated rings. The fourth-order valence-corrected chi connectivity index (χ4v) is 2.56. The zero-order valence-electron chi connectivity index (χ0n) is 20.9. The quantitative estimate of drug-likeness (QED) is 0.105. The number of rotatable bonds is 15. The van der Waals surface area contributed by atoms with Crippen molar-refractivity contribution in [2.24, 2.45) is 11.8 Å². The molecule has 0 saturated heterocycles. The summed E-state index contributed by atoms with van der Waals surface area (Å²) in [5.74, 6) is -1.63. The van der Waals surface area contributed by atoms with E-state index in [0.29, 0.717) is 25.0 Å². The van der Waals surface area contributed by atoms with Gasteiger partial charge in [-0.1, -0.05) is 72.6 Å². The fraction of sp³-hybridized carbons (Fsp3) is 0.792. The summed E-state index contributed by atoms with van der Waals surface area (Å²) in [7, 11) is 0. The number of carboxylic acids is 2. The van der Waals surface area contributed by atoms with Crippen molar-refractivity contribution in [3.63, 3.8) is 0 Å². The topological polar surface area (TPSA) is 107 Å². The Kier molecular flexibility index (Phi) is 29.8. The van der Waals surface area contributed by atoms with Crippen LogP contribution in [0.4, 0.5) is 0 Å². The predicted octanol–water partition coefficient (Wildman–Crippen LogP) is 3.48. The third-order valence-electron chi connectivity index (χ3n) is 4.06. The van der Waals surface area contributed by atoms with Crippen LogP contribution in [0.2, 0.25) is 9.88 Å². The first-order valence-electron chi connectivity index (χ1n) is 11.5. The molecule has 0 aromatic heterocycles. The molecule has 0 saturated carbocycles. The van der Waals surface area contributed by atoms with E-state index in [1.54, 1.807) is 0 Å². The first-order chi connectivity index (χ1) is 15.0. The van der Waals surface area contributed by atoms with Gasteiger partial charge in [0.05, 0.1) is 18.5 Å². The van der Waals surface area contributed by atoms with Crippen molar-refractivity contribution in [2.75, 3.05) is 6.61 Å². The van der Waals surface area contributed by atoms with Crippen molar-refractivity contribution in [1.29, 1.82) is 0 Å². The van der Waals surface area contributed by atoms with Crippen molar-refractivity contribution < 1.29 is 29.3 Å². The van der Waals surface area contributed by atoms with Crippen molar-refractivity contribution in [3.8, 4) is 0 Å². The number of hydrogen-bond acceptors (Lipinski definition) is 7. The molecule has 0 aliphatic carbocycles. The van der Waals surface area contributed by atoms with E-state index in [2.05, 4.69) is 50.2 Å². The second kappa shape index (κ2) is 26.6. The second-order valence-electron chi connectivity index (χ2n) is 8.43. The average Bonchev–Trinajstić information content (AvgIpc) is 2.69. The summed E-state index contributed by atoms with van der Waals surface area (Å²) in [5, 5.41) is 19.7. The van der Waals surface area contributed by atoms with E-state index in [1.165, 1.54) is 19.3 Å². The van der Waals surface area contributed by atoms with Crippen molar-refractivity contribution >= 4 is 51.7 Å². The van der Waals surface area contributed by atoms with Crippen LogP contribution in [-0.2, 0) is 19.1 Å². The molecule has 0 heterocycles. The Morgan fingerprint density at radius 2 is 1.25 bits per heavy atom. The predicted molar refractivity (Wildman–Crippen MR) is 132 cm³/mol. The number of aliphatic carboxylic acids is 2. The molecular weight excluding hydrogens is 535 g/mol. The molecule has 1 atom stereocenters. The summed E-state index contributed by atoms with van der Waals surface area (Å²) in [4.78, 5) is 35.7. The number of carbonyl (C=O) groups is 3. The molecule has 0 aliphatic rings. The molecule has 0 aliphatic heterocycles. The molecule has 0 aromatic carbocycles. The van der Waals surface area contributed by atoms with Crippen LogP contribution in [0.3, 0.4) is 0 Å². The summed E-state index contributed by atoms with van der Waals surface area (Å²) in [6, 6.07) is 0. The Morgan fingerprint density at radius 3 is 1.66 bits per heavy atom. The molecule has 6 nitrogen and oxygen atoms in total. The molecule has 8 heteroatoms. The Balaban J connectivity index is -0.000000475. The van der Waals surface area contributed by atoms with Crippen LogP contribution < -0.4 is 10.2 Å². The van der Waals surface area contributed by atoms with Crippen LogP contribution in [-0.4, -0.2) is 50.9 Å². The van der Waals surface area contributed by atoms with E-state index >= 15 is 0 Å². The van der Waals surface area contributed by atoms with Gasteiger partial charge in [0.15, 0.2) is 0 Å². The SMILES string of the molecule is CC(C)CCCCCC(S)C(=O)[O-].CC(C)CCCCCOC(=O)/C=C\C(=O)[O-].[CH3][Sn+2][CH3]. The Hall–Kier alpha value is -0.701. The number of hydrogen-bond donors (Lipinski definition) is 1. The molecule has 0 amide bonds. The molecule has 0 bridgehead atoms. The minimum absolute atomic E-state index is 0.230. The van der Waals surface area contributed by atoms with E-state index in [1.807, 2.05) is 0 Å². The summed E-state index contributed by atoms with van der Waals surface area (Å²) in [5.41, 5.74) is 0. The van der Waals surface area contributed by atoms with E-state index < -0.39 is 23.2 Å². The average molecular weight is 579 g/mol. The third-order valence-corrected chi connectivity index (χ3v) is 4.53. The molecule has 0 spiro atoms. The third kappa shape index (κ3) is 36.7. The molecule has 0 aromatic rings. The Bertz CT molecular complexity index is 495. The van der Waals surface area contributed by atoms with Gasteiger partial charge in [0.1, 0.15) is 0 Å². The van der Waals surface area contributed by atoms with Gasteiger partial charge >= 0.3 is 37.0 Å². The molecule has 0 rings (SSSR count).